The Labute approximate surface area is 213 Å². The van der Waals surface area contributed by atoms with Crippen molar-refractivity contribution in [2.75, 3.05) is 5.01 Å². The van der Waals surface area contributed by atoms with Gasteiger partial charge < -0.3 is 9.47 Å². The lowest BCUT2D eigenvalue weighted by Crippen LogP contribution is -2.51. The molecule has 0 atom stereocenters. The molecule has 2 aromatic carbocycles. The number of hydrazine groups is 1. The number of anilines is 1. The lowest BCUT2D eigenvalue weighted by Gasteiger charge is -2.29. The van der Waals surface area contributed by atoms with E-state index in [0.29, 0.717) is 17.8 Å². The molecular weight excluding hydrogens is 514 g/mol. The Morgan fingerprint density at radius 3 is 2.14 bits per heavy atom. The van der Waals surface area contributed by atoms with Crippen LogP contribution in [0, 0.1) is 0 Å². The molecule has 0 saturated carbocycles. The monoisotopic (exact) mass is 543 g/mol. The molecule has 0 aliphatic rings. The third-order valence-electron chi connectivity index (χ3n) is 4.40. The molecule has 1 heterocycles. The molecule has 0 aliphatic carbocycles. The Morgan fingerprint density at radius 2 is 1.54 bits per heavy atom. The minimum absolute atomic E-state index is 0.223. The maximum Gasteiger partial charge on any atom is 0.435 e. The average molecular weight is 544 g/mol. The molecule has 1 N–H and O–H groups in total. The zero-order valence-electron chi connectivity index (χ0n) is 20.7. The fourth-order valence-corrected chi connectivity index (χ4v) is 3.58. The lowest BCUT2D eigenvalue weighted by molar-refractivity contribution is 0.0422. The van der Waals surface area contributed by atoms with Gasteiger partial charge in [0.15, 0.2) is 5.82 Å². The molecule has 1 aromatic heterocycles. The molecule has 35 heavy (non-hydrogen) atoms. The molecule has 0 aliphatic heterocycles. The minimum Gasteiger partial charge on any atom is -0.443 e. The van der Waals surface area contributed by atoms with E-state index >= 15 is 0 Å². The number of benzene rings is 2. The van der Waals surface area contributed by atoms with E-state index in [1.807, 2.05) is 54.6 Å². The van der Waals surface area contributed by atoms with Gasteiger partial charge >= 0.3 is 12.2 Å². The van der Waals surface area contributed by atoms with Crippen LogP contribution in [0.3, 0.4) is 0 Å². The third-order valence-corrected chi connectivity index (χ3v) is 5.09. The van der Waals surface area contributed by atoms with Gasteiger partial charge in [0.1, 0.15) is 16.9 Å². The standard InChI is InChI=1S/C25H30BrN5O4/c1-24(2,3)34-22(32)28-31(23(33)35-25(4,5)6)21-20(18-14-10-11-15-19(18)26)27-29-30(21)16-17-12-8-7-9-13-17/h7-15H,16H2,1-6H3,(H,28,32). The number of carbonyl (C=O) groups is 2. The Hall–Kier alpha value is -3.40. The first kappa shape index (κ1) is 26.2. The summed E-state index contributed by atoms with van der Waals surface area (Å²) in [5.41, 5.74) is 2.91. The van der Waals surface area contributed by atoms with Crippen LogP contribution in [0.1, 0.15) is 47.1 Å². The minimum atomic E-state index is -0.825. The highest BCUT2D eigenvalue weighted by Crippen LogP contribution is 2.34. The van der Waals surface area contributed by atoms with Crippen LogP contribution in [-0.4, -0.2) is 38.4 Å². The predicted molar refractivity (Wildman–Crippen MR) is 137 cm³/mol. The van der Waals surface area contributed by atoms with E-state index in [4.69, 9.17) is 9.47 Å². The first-order chi connectivity index (χ1) is 16.3. The largest absolute Gasteiger partial charge is 0.443 e. The number of halogens is 1. The van der Waals surface area contributed by atoms with Crippen molar-refractivity contribution in [3.63, 3.8) is 0 Å². The molecule has 3 rings (SSSR count). The van der Waals surface area contributed by atoms with E-state index in [-0.39, 0.29) is 5.82 Å². The second-order valence-corrected chi connectivity index (χ2v) is 10.7. The van der Waals surface area contributed by atoms with Crippen molar-refractivity contribution in [1.82, 2.24) is 20.4 Å². The van der Waals surface area contributed by atoms with Gasteiger partial charge in [-0.1, -0.05) is 69.7 Å². The van der Waals surface area contributed by atoms with Gasteiger partial charge in [0, 0.05) is 10.0 Å². The van der Waals surface area contributed by atoms with Crippen molar-refractivity contribution < 1.29 is 19.1 Å². The van der Waals surface area contributed by atoms with Crippen molar-refractivity contribution in [1.29, 1.82) is 0 Å². The second-order valence-electron chi connectivity index (χ2n) is 9.81. The van der Waals surface area contributed by atoms with Gasteiger partial charge in [0.2, 0.25) is 0 Å². The second kappa shape index (κ2) is 10.5. The maximum absolute atomic E-state index is 13.4. The number of nitrogens with zero attached hydrogens (tertiary/aromatic N) is 4. The summed E-state index contributed by atoms with van der Waals surface area (Å²) in [6, 6.07) is 17.0. The molecule has 0 fully saturated rings. The molecular formula is C25H30BrN5O4. The fraction of sp³-hybridized carbons (Fsp3) is 0.360. The number of amides is 2. The summed E-state index contributed by atoms with van der Waals surface area (Å²) in [6.45, 7) is 10.7. The van der Waals surface area contributed by atoms with E-state index < -0.39 is 23.4 Å². The summed E-state index contributed by atoms with van der Waals surface area (Å²) < 4.78 is 13.3. The van der Waals surface area contributed by atoms with Crippen molar-refractivity contribution in [3.05, 3.63) is 64.6 Å². The van der Waals surface area contributed by atoms with Gasteiger partial charge in [-0.3, -0.25) is 0 Å². The number of rotatable bonds is 4. The zero-order valence-corrected chi connectivity index (χ0v) is 22.3. The van der Waals surface area contributed by atoms with Crippen LogP contribution in [0.15, 0.2) is 59.1 Å². The van der Waals surface area contributed by atoms with Crippen molar-refractivity contribution in [3.8, 4) is 11.3 Å². The number of hydrogen-bond acceptors (Lipinski definition) is 6. The highest BCUT2D eigenvalue weighted by Gasteiger charge is 2.33. The van der Waals surface area contributed by atoms with Crippen LogP contribution < -0.4 is 10.4 Å². The lowest BCUT2D eigenvalue weighted by atomic mass is 10.1. The Kier molecular flexibility index (Phi) is 7.84. The number of aromatic nitrogens is 3. The Morgan fingerprint density at radius 1 is 0.943 bits per heavy atom. The molecule has 0 saturated heterocycles. The topological polar surface area (TPSA) is 98.6 Å². The number of nitrogens with one attached hydrogen (secondary N) is 1. The molecule has 2 amide bonds. The van der Waals surface area contributed by atoms with E-state index in [1.54, 1.807) is 41.5 Å². The van der Waals surface area contributed by atoms with Crippen molar-refractivity contribution >= 4 is 33.9 Å². The summed E-state index contributed by atoms with van der Waals surface area (Å²) in [5.74, 6) is 0.223. The summed E-state index contributed by atoms with van der Waals surface area (Å²) in [5, 5.41) is 9.68. The third kappa shape index (κ3) is 7.29. The number of ether oxygens (including phenoxy) is 2. The van der Waals surface area contributed by atoms with Crippen LogP contribution in [0.25, 0.3) is 11.3 Å². The molecule has 10 heteroatoms. The summed E-state index contributed by atoms with van der Waals surface area (Å²) in [7, 11) is 0. The van der Waals surface area contributed by atoms with Crippen LogP contribution in [0.2, 0.25) is 0 Å². The number of carbonyl (C=O) groups excluding carboxylic acids is 2. The summed E-state index contributed by atoms with van der Waals surface area (Å²) in [4.78, 5) is 26.2. The first-order valence-corrected chi connectivity index (χ1v) is 11.9. The van der Waals surface area contributed by atoms with Gasteiger partial charge in [0.25, 0.3) is 0 Å². The fourth-order valence-electron chi connectivity index (χ4n) is 3.10. The Balaban J connectivity index is 2.15. The van der Waals surface area contributed by atoms with E-state index in [9.17, 15) is 9.59 Å². The zero-order chi connectivity index (χ0) is 25.8. The molecule has 186 valence electrons. The van der Waals surface area contributed by atoms with Gasteiger partial charge in [-0.25, -0.2) is 19.7 Å². The molecule has 0 bridgehead atoms. The van der Waals surface area contributed by atoms with Crippen molar-refractivity contribution in [2.24, 2.45) is 0 Å². The van der Waals surface area contributed by atoms with E-state index in [2.05, 4.69) is 31.7 Å². The smallest absolute Gasteiger partial charge is 0.435 e. The molecule has 0 radical (unpaired) electrons. The number of hydrogen-bond donors (Lipinski definition) is 1. The quantitative estimate of drug-likeness (QED) is 0.409. The maximum atomic E-state index is 13.4. The van der Waals surface area contributed by atoms with Gasteiger partial charge in [-0.05, 0) is 53.2 Å². The van der Waals surface area contributed by atoms with Gasteiger partial charge in [0.05, 0.1) is 6.54 Å². The van der Waals surface area contributed by atoms with E-state index in [1.165, 1.54) is 4.68 Å². The van der Waals surface area contributed by atoms with E-state index in [0.717, 1.165) is 15.0 Å². The molecule has 0 spiro atoms. The normalized spacial score (nSPS) is 11.6. The predicted octanol–water partition coefficient (Wildman–Crippen LogP) is 5.94. The average Bonchev–Trinajstić information content (AvgIpc) is 3.13. The van der Waals surface area contributed by atoms with Gasteiger partial charge in [-0.15, -0.1) is 5.10 Å². The van der Waals surface area contributed by atoms with Crippen molar-refractivity contribution in [2.45, 2.75) is 59.3 Å². The van der Waals surface area contributed by atoms with Crippen LogP contribution in [0.4, 0.5) is 15.4 Å². The van der Waals surface area contributed by atoms with Gasteiger partial charge in [-0.2, -0.15) is 5.01 Å². The highest BCUT2D eigenvalue weighted by molar-refractivity contribution is 9.10. The highest BCUT2D eigenvalue weighted by atomic mass is 79.9. The Bertz CT molecular complexity index is 1180. The van der Waals surface area contributed by atoms with Crippen LogP contribution >= 0.6 is 15.9 Å². The SMILES string of the molecule is CC(C)(C)OC(=O)NN(C(=O)OC(C)(C)C)c1c(-c2ccccc2Br)nnn1Cc1ccccc1. The van der Waals surface area contributed by atoms with Crippen LogP contribution in [0.5, 0.6) is 0 Å². The molecule has 0 unspecified atom stereocenters. The molecule has 3 aromatic rings. The first-order valence-electron chi connectivity index (χ1n) is 11.1. The van der Waals surface area contributed by atoms with Crippen LogP contribution in [-0.2, 0) is 16.0 Å². The summed E-state index contributed by atoms with van der Waals surface area (Å²) in [6.07, 6.45) is -1.64. The summed E-state index contributed by atoms with van der Waals surface area (Å²) >= 11 is 3.55. The molecule has 9 nitrogen and oxygen atoms in total.